The van der Waals surface area contributed by atoms with Crippen molar-refractivity contribution in [2.75, 3.05) is 0 Å². The van der Waals surface area contributed by atoms with Gasteiger partial charge in [0.05, 0.1) is 0 Å². The van der Waals surface area contributed by atoms with Crippen LogP contribution in [-0.4, -0.2) is 11.1 Å². The van der Waals surface area contributed by atoms with Gasteiger partial charge in [0.2, 0.25) is 5.88 Å². The summed E-state index contributed by atoms with van der Waals surface area (Å²) in [6.45, 7) is 3.84. The SMILES string of the molecule is Cc1cc(C)c(C#N)c(OC2CCC2)n1. The van der Waals surface area contributed by atoms with Gasteiger partial charge in [-0.15, -0.1) is 0 Å². The molecule has 0 atom stereocenters. The first-order chi connectivity index (χ1) is 7.20. The summed E-state index contributed by atoms with van der Waals surface area (Å²) in [5.41, 5.74) is 2.42. The minimum absolute atomic E-state index is 0.269. The normalized spacial score (nSPS) is 15.5. The largest absolute Gasteiger partial charge is 0.473 e. The third-order valence-corrected chi connectivity index (χ3v) is 2.75. The molecule has 1 fully saturated rings. The van der Waals surface area contributed by atoms with Crippen LogP contribution in [0.5, 0.6) is 5.88 Å². The van der Waals surface area contributed by atoms with Crippen LogP contribution >= 0.6 is 0 Å². The molecule has 0 saturated heterocycles. The number of pyridine rings is 1. The van der Waals surface area contributed by atoms with Crippen molar-refractivity contribution in [2.24, 2.45) is 0 Å². The molecule has 1 aliphatic rings. The Kier molecular flexibility index (Phi) is 2.59. The molecule has 0 amide bonds. The summed E-state index contributed by atoms with van der Waals surface area (Å²) in [4.78, 5) is 4.28. The lowest BCUT2D eigenvalue weighted by molar-refractivity contribution is 0.114. The average molecular weight is 202 g/mol. The molecule has 0 aliphatic heterocycles. The van der Waals surface area contributed by atoms with Crippen molar-refractivity contribution < 1.29 is 4.74 Å². The third-order valence-electron chi connectivity index (χ3n) is 2.75. The fraction of sp³-hybridized carbons (Fsp3) is 0.500. The summed E-state index contributed by atoms with van der Waals surface area (Å²) < 4.78 is 5.70. The number of aryl methyl sites for hydroxylation is 2. The van der Waals surface area contributed by atoms with E-state index < -0.39 is 0 Å². The molecule has 3 heteroatoms. The Labute approximate surface area is 89.7 Å². The van der Waals surface area contributed by atoms with Crippen LogP contribution in [0.25, 0.3) is 0 Å². The van der Waals surface area contributed by atoms with Gasteiger partial charge < -0.3 is 4.74 Å². The Morgan fingerprint density at radius 3 is 2.73 bits per heavy atom. The first-order valence-electron chi connectivity index (χ1n) is 5.25. The smallest absolute Gasteiger partial charge is 0.232 e. The zero-order chi connectivity index (χ0) is 10.8. The van der Waals surface area contributed by atoms with Crippen LogP contribution in [0.4, 0.5) is 0 Å². The van der Waals surface area contributed by atoms with Crippen molar-refractivity contribution in [1.82, 2.24) is 4.98 Å². The number of rotatable bonds is 2. The monoisotopic (exact) mass is 202 g/mol. The zero-order valence-electron chi connectivity index (χ0n) is 9.08. The highest BCUT2D eigenvalue weighted by atomic mass is 16.5. The maximum Gasteiger partial charge on any atom is 0.232 e. The molecule has 0 spiro atoms. The number of nitriles is 1. The number of hydrogen-bond donors (Lipinski definition) is 0. The number of hydrogen-bond acceptors (Lipinski definition) is 3. The van der Waals surface area contributed by atoms with Crippen molar-refractivity contribution >= 4 is 0 Å². The van der Waals surface area contributed by atoms with Crippen molar-refractivity contribution in [3.63, 3.8) is 0 Å². The first-order valence-corrected chi connectivity index (χ1v) is 5.25. The molecular weight excluding hydrogens is 188 g/mol. The molecule has 2 rings (SSSR count). The first kappa shape index (κ1) is 9.97. The zero-order valence-corrected chi connectivity index (χ0v) is 9.08. The molecule has 1 aliphatic carbocycles. The van der Waals surface area contributed by atoms with E-state index in [0.717, 1.165) is 24.1 Å². The number of ether oxygens (including phenoxy) is 1. The molecule has 0 bridgehead atoms. The maximum atomic E-state index is 9.02. The van der Waals surface area contributed by atoms with Gasteiger partial charge in [0.1, 0.15) is 17.7 Å². The Morgan fingerprint density at radius 1 is 1.47 bits per heavy atom. The summed E-state index contributed by atoms with van der Waals surface area (Å²) >= 11 is 0. The van der Waals surface area contributed by atoms with E-state index in [4.69, 9.17) is 10.00 Å². The topological polar surface area (TPSA) is 45.9 Å². The molecule has 0 radical (unpaired) electrons. The Balaban J connectivity index is 2.31. The van der Waals surface area contributed by atoms with Crippen LogP contribution in [0.2, 0.25) is 0 Å². The third kappa shape index (κ3) is 1.94. The van der Waals surface area contributed by atoms with Crippen LogP contribution < -0.4 is 4.74 Å². The molecule has 0 aromatic carbocycles. The summed E-state index contributed by atoms with van der Waals surface area (Å²) in [5, 5.41) is 9.02. The van der Waals surface area contributed by atoms with Crippen LogP contribution in [0.3, 0.4) is 0 Å². The highest BCUT2D eigenvalue weighted by Crippen LogP contribution is 2.27. The predicted octanol–water partition coefficient (Wildman–Crippen LogP) is 2.50. The van der Waals surface area contributed by atoms with E-state index in [0.29, 0.717) is 11.4 Å². The highest BCUT2D eigenvalue weighted by molar-refractivity contribution is 5.45. The molecule has 78 valence electrons. The molecule has 15 heavy (non-hydrogen) atoms. The second-order valence-electron chi connectivity index (χ2n) is 4.04. The quantitative estimate of drug-likeness (QED) is 0.740. The Hall–Kier alpha value is -1.56. The van der Waals surface area contributed by atoms with Gasteiger partial charge in [0.25, 0.3) is 0 Å². The Morgan fingerprint density at radius 2 is 2.20 bits per heavy atom. The van der Waals surface area contributed by atoms with Gasteiger partial charge in [-0.05, 0) is 44.7 Å². The van der Waals surface area contributed by atoms with E-state index in [1.165, 1.54) is 6.42 Å². The van der Waals surface area contributed by atoms with Crippen molar-refractivity contribution in [3.05, 3.63) is 22.9 Å². The summed E-state index contributed by atoms with van der Waals surface area (Å²) in [6.07, 6.45) is 3.65. The van der Waals surface area contributed by atoms with Crippen molar-refractivity contribution in [3.8, 4) is 11.9 Å². The van der Waals surface area contributed by atoms with E-state index >= 15 is 0 Å². The van der Waals surface area contributed by atoms with Gasteiger partial charge >= 0.3 is 0 Å². The lowest BCUT2D eigenvalue weighted by Gasteiger charge is -2.26. The van der Waals surface area contributed by atoms with Crippen LogP contribution in [0.15, 0.2) is 6.07 Å². The van der Waals surface area contributed by atoms with E-state index in [1.807, 2.05) is 19.9 Å². The number of nitrogens with zero attached hydrogens (tertiary/aromatic N) is 2. The molecule has 3 nitrogen and oxygen atoms in total. The lowest BCUT2D eigenvalue weighted by atomic mass is 9.96. The van der Waals surface area contributed by atoms with Crippen LogP contribution in [-0.2, 0) is 0 Å². The molecule has 0 unspecified atom stereocenters. The molecule has 1 aromatic heterocycles. The maximum absolute atomic E-state index is 9.02. The standard InChI is InChI=1S/C12H14N2O/c1-8-6-9(2)14-12(11(8)7-13)15-10-4-3-5-10/h6,10H,3-5H2,1-2H3. The van der Waals surface area contributed by atoms with Gasteiger partial charge in [0.15, 0.2) is 0 Å². The lowest BCUT2D eigenvalue weighted by Crippen LogP contribution is -2.25. The molecule has 1 heterocycles. The van der Waals surface area contributed by atoms with Crippen LogP contribution in [0.1, 0.15) is 36.1 Å². The fourth-order valence-electron chi connectivity index (χ4n) is 1.67. The average Bonchev–Trinajstić information content (AvgIpc) is 2.10. The summed E-state index contributed by atoms with van der Waals surface area (Å²) in [6, 6.07) is 4.07. The van der Waals surface area contributed by atoms with E-state index in [2.05, 4.69) is 11.1 Å². The molecule has 1 saturated carbocycles. The van der Waals surface area contributed by atoms with Gasteiger partial charge in [-0.3, -0.25) is 0 Å². The van der Waals surface area contributed by atoms with Crippen LogP contribution in [0, 0.1) is 25.2 Å². The molecule has 1 aromatic rings. The predicted molar refractivity (Wildman–Crippen MR) is 56.7 cm³/mol. The fourth-order valence-corrected chi connectivity index (χ4v) is 1.67. The Bertz CT molecular complexity index is 416. The number of aromatic nitrogens is 1. The van der Waals surface area contributed by atoms with E-state index in [1.54, 1.807) is 0 Å². The van der Waals surface area contributed by atoms with Gasteiger partial charge in [-0.25, -0.2) is 4.98 Å². The van der Waals surface area contributed by atoms with Gasteiger partial charge in [0, 0.05) is 5.69 Å². The second-order valence-corrected chi connectivity index (χ2v) is 4.04. The minimum atomic E-state index is 0.269. The highest BCUT2D eigenvalue weighted by Gasteiger charge is 2.21. The summed E-state index contributed by atoms with van der Waals surface area (Å²) in [7, 11) is 0. The van der Waals surface area contributed by atoms with Gasteiger partial charge in [-0.1, -0.05) is 0 Å². The van der Waals surface area contributed by atoms with Crippen molar-refractivity contribution in [1.29, 1.82) is 5.26 Å². The minimum Gasteiger partial charge on any atom is -0.473 e. The molecule has 0 N–H and O–H groups in total. The van der Waals surface area contributed by atoms with E-state index in [-0.39, 0.29) is 6.10 Å². The van der Waals surface area contributed by atoms with Gasteiger partial charge in [-0.2, -0.15) is 5.26 Å². The van der Waals surface area contributed by atoms with E-state index in [9.17, 15) is 0 Å². The molecular formula is C12H14N2O. The summed E-state index contributed by atoms with van der Waals surface area (Å²) in [5.74, 6) is 0.514. The van der Waals surface area contributed by atoms with Crippen molar-refractivity contribution in [2.45, 2.75) is 39.2 Å². The second kappa shape index (κ2) is 3.90.